The van der Waals surface area contributed by atoms with Crippen molar-refractivity contribution in [1.82, 2.24) is 9.56 Å². The second kappa shape index (κ2) is 7.40. The van der Waals surface area contributed by atoms with Gasteiger partial charge in [-0.25, -0.2) is 4.98 Å². The van der Waals surface area contributed by atoms with Crippen molar-refractivity contribution in [1.29, 1.82) is 0 Å². The second-order valence-electron chi connectivity index (χ2n) is 6.19. The predicted octanol–water partition coefficient (Wildman–Crippen LogP) is 3.43. The molecule has 0 aliphatic rings. The van der Waals surface area contributed by atoms with Crippen molar-refractivity contribution in [2.45, 2.75) is 13.5 Å². The Hall–Kier alpha value is -3.87. The number of anilines is 1. The summed E-state index contributed by atoms with van der Waals surface area (Å²) in [5.74, 6) is 0.845. The van der Waals surface area contributed by atoms with E-state index in [9.17, 15) is 9.59 Å². The van der Waals surface area contributed by atoms with Gasteiger partial charge in [0.05, 0.1) is 11.4 Å². The molecule has 0 saturated carbocycles. The van der Waals surface area contributed by atoms with Gasteiger partial charge in [-0.3, -0.25) is 9.59 Å². The number of carbonyl (C=O) groups is 1. The summed E-state index contributed by atoms with van der Waals surface area (Å²) < 4.78 is 12.2. The third-order valence-corrected chi connectivity index (χ3v) is 4.07. The van der Waals surface area contributed by atoms with Crippen molar-refractivity contribution < 1.29 is 14.1 Å². The Labute approximate surface area is 160 Å². The average Bonchev–Trinajstić information content (AvgIpc) is 3.09. The lowest BCUT2D eigenvalue weighted by atomic mass is 10.2. The first-order valence-electron chi connectivity index (χ1n) is 8.68. The SMILES string of the molecule is Cc1cc2nc(COc3ccccc3NC(=O)c3ccccc3)cc(=O)n2o1. The van der Waals surface area contributed by atoms with E-state index in [1.165, 1.54) is 6.07 Å². The molecule has 0 unspecified atom stereocenters. The van der Waals surface area contributed by atoms with Crippen LogP contribution in [-0.2, 0) is 6.61 Å². The molecule has 0 atom stereocenters. The van der Waals surface area contributed by atoms with Crippen LogP contribution in [0.2, 0.25) is 0 Å². The molecule has 1 amide bonds. The molecule has 0 aliphatic heterocycles. The minimum Gasteiger partial charge on any atom is -0.485 e. The van der Waals surface area contributed by atoms with E-state index in [1.807, 2.05) is 6.07 Å². The van der Waals surface area contributed by atoms with Crippen LogP contribution in [0.25, 0.3) is 5.65 Å². The number of nitrogens with one attached hydrogen (secondary N) is 1. The van der Waals surface area contributed by atoms with Crippen LogP contribution in [0.1, 0.15) is 21.8 Å². The van der Waals surface area contributed by atoms with Gasteiger partial charge in [0, 0.05) is 17.7 Å². The van der Waals surface area contributed by atoms with E-state index >= 15 is 0 Å². The van der Waals surface area contributed by atoms with Gasteiger partial charge in [0.25, 0.3) is 11.5 Å². The second-order valence-corrected chi connectivity index (χ2v) is 6.19. The summed E-state index contributed by atoms with van der Waals surface area (Å²) in [6.07, 6.45) is 0. The fraction of sp³-hybridized carbons (Fsp3) is 0.0952. The zero-order chi connectivity index (χ0) is 19.5. The summed E-state index contributed by atoms with van der Waals surface area (Å²) in [4.78, 5) is 28.9. The number of ether oxygens (including phenoxy) is 1. The van der Waals surface area contributed by atoms with Crippen LogP contribution in [0.3, 0.4) is 0 Å². The van der Waals surface area contributed by atoms with Crippen molar-refractivity contribution in [2.75, 3.05) is 5.32 Å². The zero-order valence-electron chi connectivity index (χ0n) is 15.1. The number of amides is 1. The van der Waals surface area contributed by atoms with Crippen LogP contribution in [0, 0.1) is 6.92 Å². The van der Waals surface area contributed by atoms with Gasteiger partial charge in [-0.15, -0.1) is 4.57 Å². The number of fused-ring (bicyclic) bond motifs is 1. The van der Waals surface area contributed by atoms with E-state index in [0.717, 1.165) is 4.57 Å². The molecule has 2 aromatic heterocycles. The lowest BCUT2D eigenvalue weighted by molar-refractivity contribution is 0.102. The third-order valence-electron chi connectivity index (χ3n) is 4.07. The van der Waals surface area contributed by atoms with Crippen LogP contribution in [0.15, 0.2) is 76.0 Å². The highest BCUT2D eigenvalue weighted by Gasteiger charge is 2.11. The van der Waals surface area contributed by atoms with Crippen LogP contribution in [0.5, 0.6) is 5.75 Å². The average molecular weight is 375 g/mol. The topological polar surface area (TPSA) is 85.8 Å². The lowest BCUT2D eigenvalue weighted by Crippen LogP contribution is -2.15. The van der Waals surface area contributed by atoms with Crippen molar-refractivity contribution >= 4 is 17.2 Å². The van der Waals surface area contributed by atoms with Gasteiger partial charge in [0.1, 0.15) is 18.1 Å². The number of aromatic nitrogens is 2. The zero-order valence-corrected chi connectivity index (χ0v) is 15.1. The molecule has 0 saturated heterocycles. The Balaban J connectivity index is 1.53. The maximum Gasteiger partial charge on any atom is 0.287 e. The monoisotopic (exact) mass is 375 g/mol. The Kier molecular flexibility index (Phi) is 4.63. The Morgan fingerprint density at radius 1 is 1.11 bits per heavy atom. The Bertz CT molecular complexity index is 1200. The molecule has 28 heavy (non-hydrogen) atoms. The normalized spacial score (nSPS) is 10.8. The van der Waals surface area contributed by atoms with E-state index in [4.69, 9.17) is 9.26 Å². The van der Waals surface area contributed by atoms with Gasteiger partial charge >= 0.3 is 0 Å². The summed E-state index contributed by atoms with van der Waals surface area (Å²) >= 11 is 0. The van der Waals surface area contributed by atoms with E-state index in [2.05, 4.69) is 10.3 Å². The molecule has 0 radical (unpaired) electrons. The minimum atomic E-state index is -0.317. The molecular formula is C21H17N3O4. The van der Waals surface area contributed by atoms with Crippen molar-refractivity contribution in [3.8, 4) is 5.75 Å². The fourth-order valence-electron chi connectivity index (χ4n) is 2.78. The summed E-state index contributed by atoms with van der Waals surface area (Å²) in [5, 5.41) is 2.84. The molecule has 1 N–H and O–H groups in total. The van der Waals surface area contributed by atoms with Gasteiger partial charge in [0.15, 0.2) is 5.65 Å². The molecule has 2 aromatic carbocycles. The summed E-state index contributed by atoms with van der Waals surface area (Å²) in [5.41, 5.74) is 1.66. The fourth-order valence-corrected chi connectivity index (χ4v) is 2.78. The molecular weight excluding hydrogens is 358 g/mol. The summed E-state index contributed by atoms with van der Waals surface area (Å²) in [6.45, 7) is 1.82. The molecule has 4 rings (SSSR count). The maximum absolute atomic E-state index is 12.4. The van der Waals surface area contributed by atoms with E-state index in [-0.39, 0.29) is 18.1 Å². The molecule has 7 heteroatoms. The third kappa shape index (κ3) is 3.64. The van der Waals surface area contributed by atoms with Crippen molar-refractivity contribution in [3.05, 3.63) is 94.1 Å². The first-order valence-corrected chi connectivity index (χ1v) is 8.68. The van der Waals surface area contributed by atoms with Crippen LogP contribution in [0.4, 0.5) is 5.69 Å². The largest absolute Gasteiger partial charge is 0.485 e. The van der Waals surface area contributed by atoms with Crippen LogP contribution >= 0.6 is 0 Å². The standard InChI is InChI=1S/C21H17N3O4/c1-14-11-19-22-16(12-20(25)24(19)28-14)13-27-18-10-6-5-9-17(18)23-21(26)15-7-3-2-4-8-15/h2-12H,13H2,1H3,(H,23,26). The molecule has 0 fully saturated rings. The van der Waals surface area contributed by atoms with Crippen molar-refractivity contribution in [3.63, 3.8) is 0 Å². The maximum atomic E-state index is 12.4. The number of benzene rings is 2. The first kappa shape index (κ1) is 17.5. The van der Waals surface area contributed by atoms with Gasteiger partial charge in [0.2, 0.25) is 0 Å². The quantitative estimate of drug-likeness (QED) is 0.578. The highest BCUT2D eigenvalue weighted by atomic mass is 16.5. The number of hydrogen-bond donors (Lipinski definition) is 1. The molecule has 2 heterocycles. The van der Waals surface area contributed by atoms with Crippen LogP contribution < -0.4 is 15.6 Å². The van der Waals surface area contributed by atoms with E-state index < -0.39 is 0 Å². The van der Waals surface area contributed by atoms with Gasteiger partial charge in [-0.1, -0.05) is 30.3 Å². The molecule has 140 valence electrons. The van der Waals surface area contributed by atoms with E-state index in [1.54, 1.807) is 61.5 Å². The summed E-state index contributed by atoms with van der Waals surface area (Å²) in [6, 6.07) is 19.1. The highest BCUT2D eigenvalue weighted by molar-refractivity contribution is 6.04. The first-order chi connectivity index (χ1) is 13.6. The van der Waals surface area contributed by atoms with Crippen LogP contribution in [-0.4, -0.2) is 15.5 Å². The van der Waals surface area contributed by atoms with Crippen molar-refractivity contribution in [2.24, 2.45) is 0 Å². The molecule has 0 spiro atoms. The van der Waals surface area contributed by atoms with Gasteiger partial charge in [-0.05, 0) is 31.2 Å². The molecule has 4 aromatic rings. The Morgan fingerprint density at radius 2 is 1.86 bits per heavy atom. The molecule has 0 aliphatic carbocycles. The van der Waals surface area contributed by atoms with Gasteiger partial charge < -0.3 is 14.6 Å². The highest BCUT2D eigenvalue weighted by Crippen LogP contribution is 2.25. The smallest absolute Gasteiger partial charge is 0.287 e. The minimum absolute atomic E-state index is 0.0776. The number of rotatable bonds is 5. The van der Waals surface area contributed by atoms with E-state index in [0.29, 0.717) is 34.1 Å². The molecule has 7 nitrogen and oxygen atoms in total. The number of nitrogens with zero attached hydrogens (tertiary/aromatic N) is 2. The number of carbonyl (C=O) groups excluding carboxylic acids is 1. The van der Waals surface area contributed by atoms with Gasteiger partial charge in [-0.2, -0.15) is 0 Å². The lowest BCUT2D eigenvalue weighted by Gasteiger charge is -2.12. The molecule has 0 bridgehead atoms. The number of aryl methyl sites for hydroxylation is 1. The number of hydrogen-bond acceptors (Lipinski definition) is 5. The Morgan fingerprint density at radius 3 is 2.68 bits per heavy atom. The predicted molar refractivity (Wildman–Crippen MR) is 104 cm³/mol. The summed E-state index contributed by atoms with van der Waals surface area (Å²) in [7, 11) is 0. The number of para-hydroxylation sites is 2.